The van der Waals surface area contributed by atoms with E-state index in [9.17, 15) is 4.79 Å². The molecule has 1 aliphatic carbocycles. The first kappa shape index (κ1) is 14.5. The molecule has 4 heteroatoms. The van der Waals surface area contributed by atoms with Crippen molar-refractivity contribution in [3.63, 3.8) is 0 Å². The van der Waals surface area contributed by atoms with Gasteiger partial charge in [0, 0.05) is 19.9 Å². The van der Waals surface area contributed by atoms with Gasteiger partial charge in [0.2, 0.25) is 0 Å². The summed E-state index contributed by atoms with van der Waals surface area (Å²) in [4.78, 5) is 12.2. The van der Waals surface area contributed by atoms with E-state index in [0.717, 1.165) is 35.1 Å². The number of aryl methyl sites for hydroxylation is 2. The van der Waals surface area contributed by atoms with Crippen molar-refractivity contribution in [1.29, 1.82) is 0 Å². The molecule has 0 atom stereocenters. The largest absolute Gasteiger partial charge is 0.299 e. The third kappa shape index (κ3) is 3.56. The Hall–Kier alpha value is -0.900. The average Bonchev–Trinajstić information content (AvgIpc) is 2.67. The van der Waals surface area contributed by atoms with E-state index in [2.05, 4.69) is 34.0 Å². The summed E-state index contributed by atoms with van der Waals surface area (Å²) in [5.74, 6) is 0.291. The molecule has 1 aliphatic rings. The number of aromatic nitrogens is 2. The summed E-state index contributed by atoms with van der Waals surface area (Å²) in [6.07, 6.45) is 8.95. The van der Waals surface area contributed by atoms with E-state index in [1.54, 1.807) is 0 Å². The number of carbonyl (C=O) groups is 1. The van der Waals surface area contributed by atoms with Crippen molar-refractivity contribution < 1.29 is 4.79 Å². The second kappa shape index (κ2) is 6.51. The Morgan fingerprint density at radius 2 is 2.21 bits per heavy atom. The molecule has 0 saturated carbocycles. The van der Waals surface area contributed by atoms with E-state index in [0.29, 0.717) is 18.6 Å². The maximum absolute atomic E-state index is 12.2. The lowest BCUT2D eigenvalue weighted by Crippen LogP contribution is -2.09. The van der Waals surface area contributed by atoms with Gasteiger partial charge < -0.3 is 0 Å². The molecular formula is C15H21BrN2O. The topological polar surface area (TPSA) is 34.9 Å². The van der Waals surface area contributed by atoms with E-state index in [1.165, 1.54) is 18.4 Å². The normalized spacial score (nSPS) is 15.4. The summed E-state index contributed by atoms with van der Waals surface area (Å²) in [7, 11) is 1.91. The smallest absolute Gasteiger partial charge is 0.142 e. The van der Waals surface area contributed by atoms with Crippen LogP contribution in [-0.4, -0.2) is 15.6 Å². The molecule has 1 heterocycles. The molecule has 0 fully saturated rings. The lowest BCUT2D eigenvalue weighted by Gasteiger charge is -2.11. The van der Waals surface area contributed by atoms with Crippen molar-refractivity contribution in [2.45, 2.75) is 51.9 Å². The second-order valence-corrected chi connectivity index (χ2v) is 5.98. The number of Topliss-reactive ketones (excluding diaryl/α,β-unsaturated/α-hetero) is 1. The monoisotopic (exact) mass is 324 g/mol. The fraction of sp³-hybridized carbons (Fsp3) is 0.600. The molecule has 0 amide bonds. The molecule has 104 valence electrons. The minimum atomic E-state index is 0.291. The highest BCUT2D eigenvalue weighted by molar-refractivity contribution is 9.10. The number of nitrogens with zero attached hydrogens (tertiary/aromatic N) is 2. The Balaban J connectivity index is 2.02. The van der Waals surface area contributed by atoms with Crippen LogP contribution in [0.4, 0.5) is 0 Å². The third-order valence-corrected chi connectivity index (χ3v) is 4.59. The fourth-order valence-electron chi connectivity index (χ4n) is 2.58. The molecule has 1 aromatic heterocycles. The zero-order valence-electron chi connectivity index (χ0n) is 11.7. The third-order valence-electron chi connectivity index (χ3n) is 3.68. The van der Waals surface area contributed by atoms with Crippen molar-refractivity contribution in [3.05, 3.63) is 27.5 Å². The SMILES string of the molecule is CCc1nn(C)c(CC(=O)CC2=CCCCC2)c1Br. The molecule has 3 nitrogen and oxygen atoms in total. The first-order valence-electron chi connectivity index (χ1n) is 7.01. The van der Waals surface area contributed by atoms with Gasteiger partial charge in [-0.25, -0.2) is 0 Å². The summed E-state index contributed by atoms with van der Waals surface area (Å²) in [6.45, 7) is 2.07. The number of hydrogen-bond acceptors (Lipinski definition) is 2. The summed E-state index contributed by atoms with van der Waals surface area (Å²) in [5, 5.41) is 4.43. The number of allylic oxidation sites excluding steroid dienone is 2. The van der Waals surface area contributed by atoms with Crippen molar-refractivity contribution in [2.75, 3.05) is 0 Å². The number of hydrogen-bond donors (Lipinski definition) is 0. The van der Waals surface area contributed by atoms with Crippen LogP contribution in [0.5, 0.6) is 0 Å². The van der Waals surface area contributed by atoms with Gasteiger partial charge in [0.25, 0.3) is 0 Å². The number of carbonyl (C=O) groups excluding carboxylic acids is 1. The Kier molecular flexibility index (Phi) is 4.97. The van der Waals surface area contributed by atoms with Crippen LogP contribution in [0.2, 0.25) is 0 Å². The van der Waals surface area contributed by atoms with Crippen LogP contribution in [-0.2, 0) is 24.7 Å². The van der Waals surface area contributed by atoms with Gasteiger partial charge in [-0.15, -0.1) is 0 Å². The lowest BCUT2D eigenvalue weighted by molar-refractivity contribution is -0.117. The molecule has 0 aliphatic heterocycles. The molecule has 0 N–H and O–H groups in total. The van der Waals surface area contributed by atoms with Gasteiger partial charge in [0.1, 0.15) is 5.78 Å². The van der Waals surface area contributed by atoms with Crippen LogP contribution in [0.3, 0.4) is 0 Å². The molecule has 0 unspecified atom stereocenters. The van der Waals surface area contributed by atoms with E-state index in [4.69, 9.17) is 0 Å². The van der Waals surface area contributed by atoms with Crippen molar-refractivity contribution in [1.82, 2.24) is 9.78 Å². The first-order valence-corrected chi connectivity index (χ1v) is 7.81. The molecule has 0 saturated heterocycles. The maximum Gasteiger partial charge on any atom is 0.142 e. The molecule has 0 radical (unpaired) electrons. The van der Waals surface area contributed by atoms with Crippen LogP contribution in [0.15, 0.2) is 16.1 Å². The Morgan fingerprint density at radius 1 is 1.42 bits per heavy atom. The minimum absolute atomic E-state index is 0.291. The van der Waals surface area contributed by atoms with Gasteiger partial charge in [0.15, 0.2) is 0 Å². The molecule has 0 bridgehead atoms. The van der Waals surface area contributed by atoms with E-state index < -0.39 is 0 Å². The zero-order valence-corrected chi connectivity index (χ0v) is 13.3. The average molecular weight is 325 g/mol. The summed E-state index contributed by atoms with van der Waals surface area (Å²) in [6, 6.07) is 0. The van der Waals surface area contributed by atoms with Gasteiger partial charge >= 0.3 is 0 Å². The number of rotatable bonds is 5. The number of halogens is 1. The molecule has 0 aromatic carbocycles. The molecular weight excluding hydrogens is 304 g/mol. The minimum Gasteiger partial charge on any atom is -0.299 e. The summed E-state index contributed by atoms with van der Waals surface area (Å²) >= 11 is 3.57. The van der Waals surface area contributed by atoms with Crippen molar-refractivity contribution >= 4 is 21.7 Å². The van der Waals surface area contributed by atoms with Crippen LogP contribution in [0.25, 0.3) is 0 Å². The molecule has 2 rings (SSSR count). The highest BCUT2D eigenvalue weighted by Gasteiger charge is 2.17. The van der Waals surface area contributed by atoms with Crippen LogP contribution < -0.4 is 0 Å². The van der Waals surface area contributed by atoms with Crippen molar-refractivity contribution in [3.8, 4) is 0 Å². The molecule has 0 spiro atoms. The quantitative estimate of drug-likeness (QED) is 0.773. The zero-order chi connectivity index (χ0) is 13.8. The van der Waals surface area contributed by atoms with Crippen LogP contribution in [0.1, 0.15) is 50.4 Å². The Labute approximate surface area is 123 Å². The Morgan fingerprint density at radius 3 is 2.79 bits per heavy atom. The standard InChI is InChI=1S/C15H21BrN2O/c1-3-13-15(16)14(18(2)17-13)10-12(19)9-11-7-5-4-6-8-11/h7H,3-6,8-10H2,1-2H3. The van der Waals surface area contributed by atoms with Crippen LogP contribution in [0, 0.1) is 0 Å². The van der Waals surface area contributed by atoms with Crippen LogP contribution >= 0.6 is 15.9 Å². The first-order chi connectivity index (χ1) is 9.11. The maximum atomic E-state index is 12.2. The van der Waals surface area contributed by atoms with E-state index in [1.807, 2.05) is 11.7 Å². The summed E-state index contributed by atoms with van der Waals surface area (Å²) < 4.78 is 2.83. The van der Waals surface area contributed by atoms with Gasteiger partial charge in [0.05, 0.1) is 15.9 Å². The van der Waals surface area contributed by atoms with Gasteiger partial charge in [-0.05, 0) is 48.0 Å². The number of ketones is 1. The van der Waals surface area contributed by atoms with Crippen molar-refractivity contribution in [2.24, 2.45) is 7.05 Å². The Bertz CT molecular complexity index is 502. The highest BCUT2D eigenvalue weighted by Crippen LogP contribution is 2.24. The molecule has 1 aromatic rings. The lowest BCUT2D eigenvalue weighted by atomic mass is 9.94. The predicted molar refractivity (Wildman–Crippen MR) is 80.2 cm³/mol. The predicted octanol–water partition coefficient (Wildman–Crippen LogP) is 3.75. The van der Waals surface area contributed by atoms with E-state index >= 15 is 0 Å². The van der Waals surface area contributed by atoms with Gasteiger partial charge in [-0.3, -0.25) is 9.48 Å². The highest BCUT2D eigenvalue weighted by atomic mass is 79.9. The van der Waals surface area contributed by atoms with Gasteiger partial charge in [-0.1, -0.05) is 18.6 Å². The fourth-order valence-corrected chi connectivity index (χ4v) is 3.34. The van der Waals surface area contributed by atoms with E-state index in [-0.39, 0.29) is 0 Å². The summed E-state index contributed by atoms with van der Waals surface area (Å²) in [5.41, 5.74) is 3.35. The second-order valence-electron chi connectivity index (χ2n) is 5.18. The van der Waals surface area contributed by atoms with Gasteiger partial charge in [-0.2, -0.15) is 5.10 Å². The molecule has 19 heavy (non-hydrogen) atoms.